The maximum absolute atomic E-state index is 5.87. The number of para-hydroxylation sites is 1. The predicted octanol–water partition coefficient (Wildman–Crippen LogP) is 1.55. The third kappa shape index (κ3) is 4.20. The van der Waals surface area contributed by atoms with E-state index in [9.17, 15) is 0 Å². The van der Waals surface area contributed by atoms with Crippen LogP contribution in [-0.2, 0) is 6.54 Å². The van der Waals surface area contributed by atoms with Crippen molar-refractivity contribution in [3.8, 4) is 5.75 Å². The molecule has 0 amide bonds. The minimum absolute atomic E-state index is 0.532. The summed E-state index contributed by atoms with van der Waals surface area (Å²) in [4.78, 5) is 4.83. The highest BCUT2D eigenvalue weighted by molar-refractivity contribution is 5.32. The van der Waals surface area contributed by atoms with Gasteiger partial charge in [-0.3, -0.25) is 4.90 Å². The molecule has 1 saturated heterocycles. The first-order chi connectivity index (χ1) is 9.70. The summed E-state index contributed by atoms with van der Waals surface area (Å²) in [6.45, 7) is 4.61. The molecule has 1 aromatic rings. The lowest BCUT2D eigenvalue weighted by atomic mass is 10.0. The molecule has 4 heteroatoms. The van der Waals surface area contributed by atoms with Gasteiger partial charge >= 0.3 is 0 Å². The van der Waals surface area contributed by atoms with Crippen molar-refractivity contribution in [1.29, 1.82) is 0 Å². The lowest BCUT2D eigenvalue weighted by Gasteiger charge is -2.35. The SMILES string of the molecule is CN(C)C1CCN(CCOc2ccccc2CN)CC1. The summed E-state index contributed by atoms with van der Waals surface area (Å²) in [6, 6.07) is 8.77. The molecule has 1 aromatic carbocycles. The van der Waals surface area contributed by atoms with Gasteiger partial charge in [0.15, 0.2) is 0 Å². The molecule has 1 fully saturated rings. The first-order valence-electron chi connectivity index (χ1n) is 7.50. The van der Waals surface area contributed by atoms with E-state index in [1.165, 1.54) is 25.9 Å². The third-order valence-corrected chi connectivity index (χ3v) is 4.15. The highest BCUT2D eigenvalue weighted by atomic mass is 16.5. The molecular weight excluding hydrogens is 250 g/mol. The Bertz CT molecular complexity index is 400. The summed E-state index contributed by atoms with van der Waals surface area (Å²) in [5.41, 5.74) is 6.80. The normalized spacial score (nSPS) is 17.6. The number of nitrogens with zero attached hydrogens (tertiary/aromatic N) is 2. The van der Waals surface area contributed by atoms with Gasteiger partial charge in [-0.2, -0.15) is 0 Å². The van der Waals surface area contributed by atoms with Crippen molar-refractivity contribution in [3.63, 3.8) is 0 Å². The number of piperidine rings is 1. The molecule has 20 heavy (non-hydrogen) atoms. The van der Waals surface area contributed by atoms with Gasteiger partial charge in [0.1, 0.15) is 12.4 Å². The van der Waals surface area contributed by atoms with Crippen LogP contribution in [0.4, 0.5) is 0 Å². The molecule has 0 spiro atoms. The lowest BCUT2D eigenvalue weighted by molar-refractivity contribution is 0.128. The Morgan fingerprint density at radius 3 is 2.60 bits per heavy atom. The van der Waals surface area contributed by atoms with Crippen LogP contribution in [0.15, 0.2) is 24.3 Å². The van der Waals surface area contributed by atoms with Gasteiger partial charge in [0.25, 0.3) is 0 Å². The van der Waals surface area contributed by atoms with Gasteiger partial charge in [-0.1, -0.05) is 18.2 Å². The maximum Gasteiger partial charge on any atom is 0.123 e. The molecule has 1 aliphatic heterocycles. The van der Waals surface area contributed by atoms with Gasteiger partial charge in [-0.25, -0.2) is 0 Å². The predicted molar refractivity (Wildman–Crippen MR) is 83.0 cm³/mol. The second kappa shape index (κ2) is 7.62. The van der Waals surface area contributed by atoms with E-state index >= 15 is 0 Å². The highest BCUT2D eigenvalue weighted by Gasteiger charge is 2.20. The average molecular weight is 277 g/mol. The van der Waals surface area contributed by atoms with Crippen LogP contribution >= 0.6 is 0 Å². The summed E-state index contributed by atoms with van der Waals surface area (Å²) < 4.78 is 5.87. The Balaban J connectivity index is 1.72. The number of hydrogen-bond acceptors (Lipinski definition) is 4. The van der Waals surface area contributed by atoms with E-state index in [0.29, 0.717) is 6.54 Å². The van der Waals surface area contributed by atoms with E-state index in [1.54, 1.807) is 0 Å². The van der Waals surface area contributed by atoms with Crippen molar-refractivity contribution >= 4 is 0 Å². The molecule has 1 aliphatic rings. The Labute approximate surface area is 122 Å². The quantitative estimate of drug-likeness (QED) is 0.856. The van der Waals surface area contributed by atoms with E-state index < -0.39 is 0 Å². The Hall–Kier alpha value is -1.10. The van der Waals surface area contributed by atoms with Crippen molar-refractivity contribution in [3.05, 3.63) is 29.8 Å². The van der Waals surface area contributed by atoms with Crippen molar-refractivity contribution in [1.82, 2.24) is 9.80 Å². The summed E-state index contributed by atoms with van der Waals surface area (Å²) >= 11 is 0. The minimum atomic E-state index is 0.532. The molecule has 2 rings (SSSR count). The van der Waals surface area contributed by atoms with Gasteiger partial charge < -0.3 is 15.4 Å². The Morgan fingerprint density at radius 1 is 1.25 bits per heavy atom. The van der Waals surface area contributed by atoms with Crippen LogP contribution < -0.4 is 10.5 Å². The first kappa shape index (κ1) is 15.3. The molecule has 4 nitrogen and oxygen atoms in total. The lowest BCUT2D eigenvalue weighted by Crippen LogP contribution is -2.43. The van der Waals surface area contributed by atoms with Crippen molar-refractivity contribution < 1.29 is 4.74 Å². The van der Waals surface area contributed by atoms with Crippen LogP contribution in [0.5, 0.6) is 5.75 Å². The van der Waals surface area contributed by atoms with E-state index in [0.717, 1.165) is 30.5 Å². The number of rotatable bonds is 6. The van der Waals surface area contributed by atoms with Crippen molar-refractivity contribution in [2.24, 2.45) is 5.73 Å². The second-order valence-corrected chi connectivity index (χ2v) is 5.70. The average Bonchev–Trinajstić information content (AvgIpc) is 2.48. The molecule has 0 aromatic heterocycles. The number of hydrogen-bond donors (Lipinski definition) is 1. The van der Waals surface area contributed by atoms with Gasteiger partial charge in [-0.15, -0.1) is 0 Å². The molecule has 2 N–H and O–H groups in total. The summed E-state index contributed by atoms with van der Waals surface area (Å²) in [5.74, 6) is 0.929. The number of benzene rings is 1. The first-order valence-corrected chi connectivity index (χ1v) is 7.50. The monoisotopic (exact) mass is 277 g/mol. The van der Waals surface area contributed by atoms with Crippen LogP contribution in [0.25, 0.3) is 0 Å². The van der Waals surface area contributed by atoms with E-state index in [2.05, 4.69) is 23.9 Å². The van der Waals surface area contributed by atoms with Crippen molar-refractivity contribution in [2.75, 3.05) is 40.3 Å². The van der Waals surface area contributed by atoms with Crippen LogP contribution in [0.3, 0.4) is 0 Å². The summed E-state index contributed by atoms with van der Waals surface area (Å²) in [5, 5.41) is 0. The van der Waals surface area contributed by atoms with E-state index in [4.69, 9.17) is 10.5 Å². The molecule has 0 unspecified atom stereocenters. The fourth-order valence-electron chi connectivity index (χ4n) is 2.76. The molecule has 1 heterocycles. The second-order valence-electron chi connectivity index (χ2n) is 5.70. The summed E-state index contributed by atoms with van der Waals surface area (Å²) in [6.07, 6.45) is 2.51. The van der Waals surface area contributed by atoms with Crippen LogP contribution in [-0.4, -0.2) is 56.2 Å². The van der Waals surface area contributed by atoms with Crippen LogP contribution in [0, 0.1) is 0 Å². The van der Waals surface area contributed by atoms with Crippen molar-refractivity contribution in [2.45, 2.75) is 25.4 Å². The zero-order chi connectivity index (χ0) is 14.4. The number of likely N-dealkylation sites (tertiary alicyclic amines) is 1. The fraction of sp³-hybridized carbons (Fsp3) is 0.625. The number of nitrogens with two attached hydrogens (primary N) is 1. The third-order valence-electron chi connectivity index (χ3n) is 4.15. The smallest absolute Gasteiger partial charge is 0.123 e. The molecule has 0 aliphatic carbocycles. The molecular formula is C16H27N3O. The highest BCUT2D eigenvalue weighted by Crippen LogP contribution is 2.18. The van der Waals surface area contributed by atoms with Crippen LogP contribution in [0.1, 0.15) is 18.4 Å². The standard InChI is InChI=1S/C16H27N3O/c1-18(2)15-7-9-19(10-8-15)11-12-20-16-6-4-3-5-14(16)13-17/h3-6,15H,7-13,17H2,1-2H3. The Kier molecular flexibility index (Phi) is 5.83. The molecule has 0 saturated carbocycles. The van der Waals surface area contributed by atoms with E-state index in [-0.39, 0.29) is 0 Å². The topological polar surface area (TPSA) is 41.7 Å². The molecule has 0 bridgehead atoms. The zero-order valence-electron chi connectivity index (χ0n) is 12.7. The molecule has 112 valence electrons. The van der Waals surface area contributed by atoms with Gasteiger partial charge in [0, 0.05) is 24.7 Å². The van der Waals surface area contributed by atoms with E-state index in [1.807, 2.05) is 24.3 Å². The van der Waals surface area contributed by atoms with Gasteiger partial charge in [-0.05, 0) is 46.1 Å². The zero-order valence-corrected chi connectivity index (χ0v) is 12.7. The van der Waals surface area contributed by atoms with Gasteiger partial charge in [0.05, 0.1) is 0 Å². The van der Waals surface area contributed by atoms with Gasteiger partial charge in [0.2, 0.25) is 0 Å². The number of ether oxygens (including phenoxy) is 1. The fourth-order valence-corrected chi connectivity index (χ4v) is 2.76. The molecule has 0 atom stereocenters. The maximum atomic E-state index is 5.87. The summed E-state index contributed by atoms with van der Waals surface area (Å²) in [7, 11) is 4.35. The molecule has 0 radical (unpaired) electrons. The Morgan fingerprint density at radius 2 is 1.95 bits per heavy atom. The minimum Gasteiger partial charge on any atom is -0.492 e. The largest absolute Gasteiger partial charge is 0.492 e. The van der Waals surface area contributed by atoms with Crippen LogP contribution in [0.2, 0.25) is 0 Å².